The molecule has 6 rings (SSSR count). The summed E-state index contributed by atoms with van der Waals surface area (Å²) in [7, 11) is 0. The molecule has 2 aromatic heterocycles. The lowest BCUT2D eigenvalue weighted by Crippen LogP contribution is -2.48. The molecule has 0 bridgehead atoms. The number of hydrogen-bond donors (Lipinski definition) is 3. The fourth-order valence-corrected chi connectivity index (χ4v) is 7.25. The van der Waals surface area contributed by atoms with E-state index in [1.807, 2.05) is 23.2 Å². The summed E-state index contributed by atoms with van der Waals surface area (Å²) in [6, 6.07) is 11.7. The van der Waals surface area contributed by atoms with Crippen molar-refractivity contribution in [3.8, 4) is 10.4 Å². The Morgan fingerprint density at radius 1 is 1.05 bits per heavy atom. The zero-order chi connectivity index (χ0) is 28.9. The summed E-state index contributed by atoms with van der Waals surface area (Å²) in [6.07, 6.45) is 4.25. The van der Waals surface area contributed by atoms with Gasteiger partial charge in [0, 0.05) is 57.8 Å². The Bertz CT molecular complexity index is 1390. The van der Waals surface area contributed by atoms with Gasteiger partial charge in [0.25, 0.3) is 5.91 Å². The Hall–Kier alpha value is -3.16. The first-order valence-electron chi connectivity index (χ1n) is 14.6. The van der Waals surface area contributed by atoms with E-state index in [0.29, 0.717) is 35.9 Å². The molecule has 3 N–H and O–H groups in total. The summed E-state index contributed by atoms with van der Waals surface area (Å²) in [5.41, 5.74) is 2.15. The quantitative estimate of drug-likeness (QED) is 0.324. The van der Waals surface area contributed by atoms with Gasteiger partial charge in [0.1, 0.15) is 0 Å². The highest BCUT2D eigenvalue weighted by atomic mass is 32.1. The second-order valence-electron chi connectivity index (χ2n) is 10.9. The zero-order valence-electron chi connectivity index (χ0n) is 23.5. The first kappa shape index (κ1) is 28.9. The number of aromatic nitrogens is 1. The van der Waals surface area contributed by atoms with Crippen LogP contribution in [0.3, 0.4) is 0 Å². The Balaban J connectivity index is 0.944. The van der Waals surface area contributed by atoms with E-state index < -0.39 is 0 Å². The maximum atomic E-state index is 13.0. The molecule has 0 aliphatic carbocycles. The standard InChI is InChI=1S/C30H36N6O4S2/c37-26(9-11-35-12-14-40-15-13-35)32-16-20-3-5-21(6-4-20)25-17-33-29(42-25)22-18-36(19-22)30(39)24-7-8-27(41-24)34-28(38)23-2-1-10-31-23/h3-8,17,22-23,31H,1-2,9-16,18-19H2,(H,32,37)(H,34,38)/t23-/m0/s1. The van der Waals surface area contributed by atoms with Crippen LogP contribution in [0.2, 0.25) is 0 Å². The van der Waals surface area contributed by atoms with Crippen molar-refractivity contribution < 1.29 is 19.1 Å². The van der Waals surface area contributed by atoms with Crippen LogP contribution < -0.4 is 16.0 Å². The largest absolute Gasteiger partial charge is 0.379 e. The van der Waals surface area contributed by atoms with Gasteiger partial charge in [-0.05, 0) is 42.6 Å². The van der Waals surface area contributed by atoms with Crippen LogP contribution in [0.4, 0.5) is 5.00 Å². The van der Waals surface area contributed by atoms with Crippen molar-refractivity contribution in [1.82, 2.24) is 25.4 Å². The molecule has 3 aliphatic rings. The van der Waals surface area contributed by atoms with Crippen LogP contribution in [0.1, 0.15) is 45.4 Å². The number of benzene rings is 1. The van der Waals surface area contributed by atoms with Crippen molar-refractivity contribution in [2.45, 2.75) is 37.8 Å². The van der Waals surface area contributed by atoms with Crippen molar-refractivity contribution in [2.75, 3.05) is 57.8 Å². The molecule has 0 radical (unpaired) electrons. The lowest BCUT2D eigenvalue weighted by atomic mass is 10.0. The van der Waals surface area contributed by atoms with Gasteiger partial charge in [-0.15, -0.1) is 22.7 Å². The first-order valence-corrected chi connectivity index (χ1v) is 16.2. The normalized spacial score (nSPS) is 19.4. The number of likely N-dealkylation sites (tertiary alicyclic amines) is 1. The molecule has 12 heteroatoms. The van der Waals surface area contributed by atoms with Gasteiger partial charge in [0.2, 0.25) is 11.8 Å². The van der Waals surface area contributed by atoms with E-state index in [1.54, 1.807) is 23.5 Å². The summed E-state index contributed by atoms with van der Waals surface area (Å²) in [5, 5.41) is 10.9. The second kappa shape index (κ2) is 13.4. The molecular weight excluding hydrogens is 573 g/mol. The summed E-state index contributed by atoms with van der Waals surface area (Å²) < 4.78 is 5.35. The lowest BCUT2D eigenvalue weighted by molar-refractivity contribution is -0.122. The van der Waals surface area contributed by atoms with Gasteiger partial charge >= 0.3 is 0 Å². The number of carbonyl (C=O) groups excluding carboxylic acids is 3. The molecule has 0 spiro atoms. The van der Waals surface area contributed by atoms with Gasteiger partial charge in [-0.1, -0.05) is 24.3 Å². The van der Waals surface area contributed by atoms with Crippen molar-refractivity contribution >= 4 is 45.4 Å². The summed E-state index contributed by atoms with van der Waals surface area (Å²) in [4.78, 5) is 48.1. The molecule has 0 unspecified atom stereocenters. The van der Waals surface area contributed by atoms with Gasteiger partial charge in [-0.3, -0.25) is 19.3 Å². The monoisotopic (exact) mass is 608 g/mol. The third-order valence-corrected chi connectivity index (χ3v) is 10.2. The fraction of sp³-hybridized carbons (Fsp3) is 0.467. The van der Waals surface area contributed by atoms with Crippen molar-refractivity contribution in [1.29, 1.82) is 0 Å². The number of morpholine rings is 1. The van der Waals surface area contributed by atoms with Crippen LogP contribution in [0.25, 0.3) is 10.4 Å². The molecule has 1 aromatic carbocycles. The van der Waals surface area contributed by atoms with E-state index in [0.717, 1.165) is 73.2 Å². The van der Waals surface area contributed by atoms with Crippen LogP contribution >= 0.6 is 22.7 Å². The minimum absolute atomic E-state index is 0.00343. The molecule has 1 atom stereocenters. The number of carbonyl (C=O) groups is 3. The Morgan fingerprint density at radius 2 is 1.86 bits per heavy atom. The minimum atomic E-state index is -0.146. The summed E-state index contributed by atoms with van der Waals surface area (Å²) in [5.74, 6) is 0.255. The zero-order valence-corrected chi connectivity index (χ0v) is 25.1. The third-order valence-electron chi connectivity index (χ3n) is 7.97. The number of amides is 3. The number of nitrogens with one attached hydrogen (secondary N) is 3. The number of rotatable bonds is 10. The van der Waals surface area contributed by atoms with E-state index in [4.69, 9.17) is 4.74 Å². The number of hydrogen-bond acceptors (Lipinski definition) is 9. The third kappa shape index (κ3) is 7.07. The maximum absolute atomic E-state index is 13.0. The number of ether oxygens (including phenoxy) is 1. The smallest absolute Gasteiger partial charge is 0.264 e. The topological polar surface area (TPSA) is 116 Å². The Labute approximate surface area is 253 Å². The number of nitrogens with zero attached hydrogens (tertiary/aromatic N) is 3. The molecule has 10 nitrogen and oxygen atoms in total. The molecule has 3 amide bonds. The van der Waals surface area contributed by atoms with Crippen molar-refractivity contribution in [2.24, 2.45) is 0 Å². The van der Waals surface area contributed by atoms with Crippen LogP contribution in [-0.4, -0.2) is 91.0 Å². The average Bonchev–Trinajstić information content (AvgIpc) is 3.78. The molecule has 3 aliphatic heterocycles. The highest BCUT2D eigenvalue weighted by Gasteiger charge is 2.35. The number of thiazole rings is 1. The molecule has 0 saturated carbocycles. The molecule has 3 aromatic rings. The lowest BCUT2D eigenvalue weighted by Gasteiger charge is -2.37. The molecule has 222 valence electrons. The van der Waals surface area contributed by atoms with Gasteiger partial charge in [-0.2, -0.15) is 0 Å². The van der Waals surface area contributed by atoms with Crippen LogP contribution in [-0.2, 0) is 20.9 Å². The maximum Gasteiger partial charge on any atom is 0.264 e. The summed E-state index contributed by atoms with van der Waals surface area (Å²) >= 11 is 2.99. The van der Waals surface area contributed by atoms with Crippen molar-refractivity contribution in [3.05, 3.63) is 58.0 Å². The Kier molecular flexibility index (Phi) is 9.25. The van der Waals surface area contributed by atoms with Gasteiger partial charge in [0.15, 0.2) is 0 Å². The van der Waals surface area contributed by atoms with Crippen molar-refractivity contribution in [3.63, 3.8) is 0 Å². The SMILES string of the molecule is O=C(CCN1CCOCC1)NCc1ccc(-c2cnc(C3CN(C(=O)c4ccc(NC(=O)[C@@H]5CCCN5)s4)C3)s2)cc1. The van der Waals surface area contributed by atoms with Crippen LogP contribution in [0.5, 0.6) is 0 Å². The van der Waals surface area contributed by atoms with E-state index in [-0.39, 0.29) is 29.7 Å². The molecule has 3 saturated heterocycles. The average molecular weight is 609 g/mol. The van der Waals surface area contributed by atoms with E-state index in [1.165, 1.54) is 11.3 Å². The van der Waals surface area contributed by atoms with E-state index in [2.05, 4.69) is 38.0 Å². The minimum Gasteiger partial charge on any atom is -0.379 e. The molecule has 5 heterocycles. The van der Waals surface area contributed by atoms with Crippen LogP contribution in [0.15, 0.2) is 42.6 Å². The van der Waals surface area contributed by atoms with E-state index in [9.17, 15) is 14.4 Å². The second-order valence-corrected chi connectivity index (χ2v) is 13.1. The highest BCUT2D eigenvalue weighted by Crippen LogP contribution is 2.36. The highest BCUT2D eigenvalue weighted by molar-refractivity contribution is 7.18. The molecular formula is C30H36N6O4S2. The first-order chi connectivity index (χ1) is 20.5. The predicted molar refractivity (Wildman–Crippen MR) is 164 cm³/mol. The fourth-order valence-electron chi connectivity index (χ4n) is 5.36. The number of thiophene rings is 1. The molecule has 3 fully saturated rings. The van der Waals surface area contributed by atoms with Gasteiger partial charge < -0.3 is 25.6 Å². The van der Waals surface area contributed by atoms with Gasteiger partial charge in [-0.25, -0.2) is 4.98 Å². The Morgan fingerprint density at radius 3 is 2.62 bits per heavy atom. The van der Waals surface area contributed by atoms with Crippen LogP contribution in [0, 0.1) is 0 Å². The predicted octanol–water partition coefficient (Wildman–Crippen LogP) is 3.14. The van der Waals surface area contributed by atoms with Gasteiger partial charge in [0.05, 0.1) is 39.0 Å². The number of anilines is 1. The molecule has 42 heavy (non-hydrogen) atoms. The summed E-state index contributed by atoms with van der Waals surface area (Å²) in [6.45, 7) is 6.69. The van der Waals surface area contributed by atoms with E-state index >= 15 is 0 Å².